The summed E-state index contributed by atoms with van der Waals surface area (Å²) in [6.07, 6.45) is -4.19. The van der Waals surface area contributed by atoms with Crippen LogP contribution in [0.3, 0.4) is 0 Å². The van der Waals surface area contributed by atoms with Crippen LogP contribution in [0.15, 0.2) is 53.6 Å². The Morgan fingerprint density at radius 3 is 2.56 bits per heavy atom. The molecule has 0 N–H and O–H groups in total. The van der Waals surface area contributed by atoms with Gasteiger partial charge in [-0.25, -0.2) is 0 Å². The molecule has 2 aromatic rings. The number of anilines is 1. The molecular formula is C18H14ClF3N2O. The summed E-state index contributed by atoms with van der Waals surface area (Å²) < 4.78 is 38.9. The zero-order valence-electron chi connectivity index (χ0n) is 13.2. The van der Waals surface area contributed by atoms with Crippen molar-refractivity contribution in [2.24, 2.45) is 5.10 Å². The summed E-state index contributed by atoms with van der Waals surface area (Å²) in [5.74, 6) is -1.14. The summed E-state index contributed by atoms with van der Waals surface area (Å²) in [6.45, 7) is 1.73. The van der Waals surface area contributed by atoms with Crippen molar-refractivity contribution in [1.82, 2.24) is 0 Å². The molecule has 0 bridgehead atoms. The Hall–Kier alpha value is -2.34. The zero-order valence-corrected chi connectivity index (χ0v) is 14.0. The molecule has 0 aromatic heterocycles. The van der Waals surface area contributed by atoms with Gasteiger partial charge in [-0.1, -0.05) is 41.9 Å². The lowest BCUT2D eigenvalue weighted by Gasteiger charge is -2.29. The van der Waals surface area contributed by atoms with Crippen LogP contribution in [0.25, 0.3) is 0 Å². The second-order valence-corrected chi connectivity index (χ2v) is 6.22. The molecule has 1 amide bonds. The van der Waals surface area contributed by atoms with E-state index in [0.29, 0.717) is 22.0 Å². The lowest BCUT2D eigenvalue weighted by atomic mass is 9.90. The Morgan fingerprint density at radius 2 is 1.88 bits per heavy atom. The Kier molecular flexibility index (Phi) is 4.56. The minimum atomic E-state index is -4.46. The average molecular weight is 367 g/mol. The van der Waals surface area contributed by atoms with Gasteiger partial charge >= 0.3 is 6.18 Å². The molecule has 0 radical (unpaired) electrons. The third-order valence-corrected chi connectivity index (χ3v) is 4.29. The first-order valence-electron chi connectivity index (χ1n) is 7.57. The molecule has 130 valence electrons. The monoisotopic (exact) mass is 366 g/mol. The van der Waals surface area contributed by atoms with Gasteiger partial charge in [-0.15, -0.1) is 0 Å². The smallest absolute Gasteiger partial charge is 0.272 e. The SMILES string of the molecule is CC1=NN(c2ccccc2Cl)C(=O)C(c2cccc(C(F)(F)F)c2)C1. The first kappa shape index (κ1) is 17.5. The van der Waals surface area contributed by atoms with Crippen LogP contribution in [-0.4, -0.2) is 11.6 Å². The Morgan fingerprint density at radius 1 is 1.16 bits per heavy atom. The molecule has 0 spiro atoms. The largest absolute Gasteiger partial charge is 0.416 e. The highest BCUT2D eigenvalue weighted by molar-refractivity contribution is 6.34. The molecular weight excluding hydrogens is 353 g/mol. The third-order valence-electron chi connectivity index (χ3n) is 3.97. The number of hydrazone groups is 1. The molecule has 3 rings (SSSR count). The normalized spacial score (nSPS) is 18.3. The van der Waals surface area contributed by atoms with E-state index in [1.165, 1.54) is 17.1 Å². The predicted molar refractivity (Wildman–Crippen MR) is 90.8 cm³/mol. The maximum Gasteiger partial charge on any atom is 0.416 e. The van der Waals surface area contributed by atoms with Crippen LogP contribution in [0.2, 0.25) is 5.02 Å². The van der Waals surface area contributed by atoms with Crippen molar-refractivity contribution >= 4 is 28.9 Å². The molecule has 1 aliphatic rings. The summed E-state index contributed by atoms with van der Waals surface area (Å²) >= 11 is 6.14. The van der Waals surface area contributed by atoms with E-state index in [2.05, 4.69) is 5.10 Å². The van der Waals surface area contributed by atoms with Crippen LogP contribution in [0.4, 0.5) is 18.9 Å². The Balaban J connectivity index is 2.01. The fraction of sp³-hybridized carbons (Fsp3) is 0.222. The lowest BCUT2D eigenvalue weighted by Crippen LogP contribution is -2.37. The molecule has 2 aromatic carbocycles. The summed E-state index contributed by atoms with van der Waals surface area (Å²) in [4.78, 5) is 12.9. The molecule has 0 fully saturated rings. The van der Waals surface area contributed by atoms with Gasteiger partial charge in [-0.05, 0) is 30.7 Å². The highest BCUT2D eigenvalue weighted by Crippen LogP contribution is 2.36. The molecule has 1 heterocycles. The van der Waals surface area contributed by atoms with Crippen LogP contribution in [-0.2, 0) is 11.0 Å². The van der Waals surface area contributed by atoms with E-state index in [0.717, 1.165) is 12.1 Å². The van der Waals surface area contributed by atoms with E-state index in [-0.39, 0.29) is 6.42 Å². The second-order valence-electron chi connectivity index (χ2n) is 5.82. The van der Waals surface area contributed by atoms with Gasteiger partial charge in [0.25, 0.3) is 5.91 Å². The Bertz CT molecular complexity index is 848. The quantitative estimate of drug-likeness (QED) is 0.714. The Labute approximate surface area is 147 Å². The number of rotatable bonds is 2. The van der Waals surface area contributed by atoms with Gasteiger partial charge in [0.1, 0.15) is 0 Å². The highest BCUT2D eigenvalue weighted by atomic mass is 35.5. The van der Waals surface area contributed by atoms with Crippen LogP contribution in [0.5, 0.6) is 0 Å². The fourth-order valence-corrected chi connectivity index (χ4v) is 3.00. The first-order valence-corrected chi connectivity index (χ1v) is 7.95. The first-order chi connectivity index (χ1) is 11.8. The van der Waals surface area contributed by atoms with Crippen molar-refractivity contribution in [1.29, 1.82) is 0 Å². The number of alkyl halides is 3. The van der Waals surface area contributed by atoms with Crippen LogP contribution in [0, 0.1) is 0 Å². The van der Waals surface area contributed by atoms with E-state index < -0.39 is 23.6 Å². The minimum Gasteiger partial charge on any atom is -0.272 e. The molecule has 0 saturated heterocycles. The van der Waals surface area contributed by atoms with Crippen LogP contribution >= 0.6 is 11.6 Å². The predicted octanol–water partition coefficient (Wildman–Crippen LogP) is 5.26. The van der Waals surface area contributed by atoms with Gasteiger partial charge in [0.2, 0.25) is 0 Å². The maximum atomic E-state index is 13.0. The van der Waals surface area contributed by atoms with E-state index in [1.807, 2.05) is 0 Å². The van der Waals surface area contributed by atoms with Gasteiger partial charge in [-0.3, -0.25) is 4.79 Å². The van der Waals surface area contributed by atoms with Crippen LogP contribution in [0.1, 0.15) is 30.4 Å². The summed E-state index contributed by atoms with van der Waals surface area (Å²) in [5, 5.41) is 5.75. The van der Waals surface area contributed by atoms with E-state index >= 15 is 0 Å². The average Bonchev–Trinajstić information content (AvgIpc) is 2.57. The minimum absolute atomic E-state index is 0.265. The van der Waals surface area contributed by atoms with Gasteiger partial charge in [0.05, 0.1) is 22.2 Å². The molecule has 7 heteroatoms. The van der Waals surface area contributed by atoms with Crippen molar-refractivity contribution in [2.45, 2.75) is 25.4 Å². The highest BCUT2D eigenvalue weighted by Gasteiger charge is 2.35. The maximum absolute atomic E-state index is 13.0. The van der Waals surface area contributed by atoms with E-state index in [1.54, 1.807) is 31.2 Å². The summed E-state index contributed by atoms with van der Waals surface area (Å²) in [7, 11) is 0. The molecule has 0 saturated carbocycles. The van der Waals surface area contributed by atoms with Crippen molar-refractivity contribution in [3.63, 3.8) is 0 Å². The van der Waals surface area contributed by atoms with Crippen molar-refractivity contribution < 1.29 is 18.0 Å². The number of hydrogen-bond donors (Lipinski definition) is 0. The van der Waals surface area contributed by atoms with Gasteiger partial charge < -0.3 is 0 Å². The molecule has 1 aliphatic heterocycles. The third kappa shape index (κ3) is 3.54. The fourth-order valence-electron chi connectivity index (χ4n) is 2.78. The standard InChI is InChI=1S/C18H14ClF3N2O/c1-11-9-14(12-5-4-6-13(10-12)18(20,21)22)17(25)24(23-11)16-8-3-2-7-15(16)19/h2-8,10,14H,9H2,1H3. The van der Waals surface area contributed by atoms with Gasteiger partial charge in [0, 0.05) is 12.1 Å². The van der Waals surface area contributed by atoms with Crippen molar-refractivity contribution in [3.8, 4) is 0 Å². The number of carbonyl (C=O) groups is 1. The van der Waals surface area contributed by atoms with E-state index in [4.69, 9.17) is 11.6 Å². The molecule has 1 unspecified atom stereocenters. The zero-order chi connectivity index (χ0) is 18.2. The summed E-state index contributed by atoms with van der Waals surface area (Å²) in [6, 6.07) is 11.6. The lowest BCUT2D eigenvalue weighted by molar-refractivity contribution is -0.137. The van der Waals surface area contributed by atoms with E-state index in [9.17, 15) is 18.0 Å². The number of nitrogens with zero attached hydrogens (tertiary/aromatic N) is 2. The van der Waals surface area contributed by atoms with Crippen LogP contribution < -0.4 is 5.01 Å². The number of amides is 1. The number of halogens is 4. The number of hydrogen-bond acceptors (Lipinski definition) is 2. The molecule has 25 heavy (non-hydrogen) atoms. The second kappa shape index (κ2) is 6.52. The van der Waals surface area contributed by atoms with Gasteiger partial charge in [-0.2, -0.15) is 23.3 Å². The van der Waals surface area contributed by atoms with Crippen molar-refractivity contribution in [3.05, 3.63) is 64.7 Å². The summed E-state index contributed by atoms with van der Waals surface area (Å²) in [5.41, 5.74) is 0.584. The number of benzene rings is 2. The molecule has 3 nitrogen and oxygen atoms in total. The molecule has 0 aliphatic carbocycles. The number of carbonyl (C=O) groups excluding carboxylic acids is 1. The van der Waals surface area contributed by atoms with Crippen molar-refractivity contribution in [2.75, 3.05) is 5.01 Å². The number of para-hydroxylation sites is 1. The van der Waals surface area contributed by atoms with Gasteiger partial charge in [0.15, 0.2) is 0 Å². The topological polar surface area (TPSA) is 32.7 Å². The molecule has 1 atom stereocenters.